The average Bonchev–Trinajstić information content (AvgIpc) is 2.62. The highest BCUT2D eigenvalue weighted by molar-refractivity contribution is 5.74. The van der Waals surface area contributed by atoms with Gasteiger partial charge in [-0.3, -0.25) is 10.1 Å². The van der Waals surface area contributed by atoms with Gasteiger partial charge in [-0.1, -0.05) is 5.21 Å². The Hall–Kier alpha value is -1.47. The zero-order valence-electron chi connectivity index (χ0n) is 9.29. The van der Waals surface area contributed by atoms with Crippen molar-refractivity contribution in [3.63, 3.8) is 0 Å². The van der Waals surface area contributed by atoms with E-state index in [1.165, 1.54) is 10.9 Å². The molecule has 0 aliphatic heterocycles. The molecule has 1 aromatic heterocycles. The largest absolute Gasteiger partial charge is 0.480 e. The number of nitrogens with zero attached hydrogens (tertiary/aromatic N) is 3. The molecule has 0 spiro atoms. The molecule has 0 saturated heterocycles. The third kappa shape index (κ3) is 3.28. The lowest BCUT2D eigenvalue weighted by atomic mass is 10.2. The molecule has 7 nitrogen and oxygen atoms in total. The van der Waals surface area contributed by atoms with Crippen LogP contribution in [0.15, 0.2) is 6.20 Å². The molecule has 1 rings (SSSR count). The van der Waals surface area contributed by atoms with E-state index in [1.54, 1.807) is 0 Å². The predicted molar refractivity (Wildman–Crippen MR) is 55.8 cm³/mol. The van der Waals surface area contributed by atoms with E-state index < -0.39 is 12.0 Å². The van der Waals surface area contributed by atoms with Gasteiger partial charge in [-0.05, 0) is 13.8 Å². The fraction of sp³-hybridized carbons (Fsp3) is 0.667. The second-order valence-corrected chi connectivity index (χ2v) is 3.72. The van der Waals surface area contributed by atoms with Gasteiger partial charge in [0.25, 0.3) is 0 Å². The SMILES string of the molecule is CC(C)NC(C(=O)O)c1cn(CCO)nn1. The number of aliphatic hydroxyl groups is 1. The summed E-state index contributed by atoms with van der Waals surface area (Å²) in [4.78, 5) is 11.0. The summed E-state index contributed by atoms with van der Waals surface area (Å²) >= 11 is 0. The highest BCUT2D eigenvalue weighted by atomic mass is 16.4. The van der Waals surface area contributed by atoms with Crippen LogP contribution in [0.1, 0.15) is 25.6 Å². The average molecular weight is 228 g/mol. The van der Waals surface area contributed by atoms with Crippen molar-refractivity contribution in [1.82, 2.24) is 20.3 Å². The Morgan fingerprint density at radius 3 is 2.81 bits per heavy atom. The van der Waals surface area contributed by atoms with Crippen LogP contribution < -0.4 is 5.32 Å². The molecule has 0 bridgehead atoms. The van der Waals surface area contributed by atoms with Crippen molar-refractivity contribution in [3.05, 3.63) is 11.9 Å². The third-order valence-corrected chi connectivity index (χ3v) is 1.93. The Bertz CT molecular complexity index is 350. The van der Waals surface area contributed by atoms with Gasteiger partial charge in [-0.15, -0.1) is 5.10 Å². The van der Waals surface area contributed by atoms with E-state index in [2.05, 4.69) is 15.6 Å². The number of hydrogen-bond acceptors (Lipinski definition) is 5. The molecule has 0 saturated carbocycles. The van der Waals surface area contributed by atoms with E-state index in [4.69, 9.17) is 10.2 Å². The fourth-order valence-corrected chi connectivity index (χ4v) is 1.27. The second kappa shape index (κ2) is 5.57. The lowest BCUT2D eigenvalue weighted by Crippen LogP contribution is -2.33. The summed E-state index contributed by atoms with van der Waals surface area (Å²) in [5.41, 5.74) is 0.342. The molecule has 3 N–H and O–H groups in total. The third-order valence-electron chi connectivity index (χ3n) is 1.93. The van der Waals surface area contributed by atoms with Gasteiger partial charge >= 0.3 is 5.97 Å². The molecule has 1 unspecified atom stereocenters. The first-order chi connectivity index (χ1) is 7.54. The van der Waals surface area contributed by atoms with Crippen LogP contribution >= 0.6 is 0 Å². The number of carboxylic acid groups (broad SMARTS) is 1. The van der Waals surface area contributed by atoms with Crippen LogP contribution in [-0.4, -0.2) is 43.8 Å². The highest BCUT2D eigenvalue weighted by Gasteiger charge is 2.23. The minimum absolute atomic E-state index is 0.0316. The van der Waals surface area contributed by atoms with Crippen molar-refractivity contribution in [1.29, 1.82) is 0 Å². The first-order valence-corrected chi connectivity index (χ1v) is 5.04. The van der Waals surface area contributed by atoms with Gasteiger partial charge in [-0.25, -0.2) is 4.68 Å². The molecular formula is C9H16N4O3. The Labute approximate surface area is 93.1 Å². The topological polar surface area (TPSA) is 100 Å². The van der Waals surface area contributed by atoms with Gasteiger partial charge in [-0.2, -0.15) is 0 Å². The lowest BCUT2D eigenvalue weighted by molar-refractivity contribution is -0.140. The molecular weight excluding hydrogens is 212 g/mol. The second-order valence-electron chi connectivity index (χ2n) is 3.72. The van der Waals surface area contributed by atoms with E-state index in [0.717, 1.165) is 0 Å². The van der Waals surface area contributed by atoms with E-state index >= 15 is 0 Å². The van der Waals surface area contributed by atoms with Crippen LogP contribution in [0.2, 0.25) is 0 Å². The Balaban J connectivity index is 2.80. The van der Waals surface area contributed by atoms with Crippen LogP contribution in [0, 0.1) is 0 Å². The number of aliphatic carboxylic acids is 1. The molecule has 0 fully saturated rings. The molecule has 16 heavy (non-hydrogen) atoms. The summed E-state index contributed by atoms with van der Waals surface area (Å²) in [7, 11) is 0. The van der Waals surface area contributed by atoms with Crippen molar-refractivity contribution >= 4 is 5.97 Å². The quantitative estimate of drug-likeness (QED) is 0.601. The molecule has 7 heteroatoms. The fourth-order valence-electron chi connectivity index (χ4n) is 1.27. The summed E-state index contributed by atoms with van der Waals surface area (Å²) in [6, 6.07) is -0.837. The van der Waals surface area contributed by atoms with Crippen molar-refractivity contribution in [3.8, 4) is 0 Å². The van der Waals surface area contributed by atoms with Crippen LogP contribution in [0.5, 0.6) is 0 Å². The maximum absolute atomic E-state index is 11.0. The molecule has 0 radical (unpaired) electrons. The Morgan fingerprint density at radius 2 is 2.31 bits per heavy atom. The first kappa shape index (κ1) is 12.6. The zero-order chi connectivity index (χ0) is 12.1. The molecule has 0 amide bonds. The minimum atomic E-state index is -0.996. The Morgan fingerprint density at radius 1 is 1.62 bits per heavy atom. The molecule has 1 aromatic rings. The maximum Gasteiger partial charge on any atom is 0.327 e. The summed E-state index contributed by atoms with van der Waals surface area (Å²) in [5.74, 6) is -0.996. The molecule has 0 aliphatic rings. The highest BCUT2D eigenvalue weighted by Crippen LogP contribution is 2.10. The van der Waals surface area contributed by atoms with Crippen LogP contribution in [0.3, 0.4) is 0 Å². The normalized spacial score (nSPS) is 13.0. The van der Waals surface area contributed by atoms with Crippen LogP contribution in [0.4, 0.5) is 0 Å². The lowest BCUT2D eigenvalue weighted by Gasteiger charge is -2.14. The van der Waals surface area contributed by atoms with Crippen LogP contribution in [-0.2, 0) is 11.3 Å². The molecule has 0 aliphatic carbocycles. The van der Waals surface area contributed by atoms with Crippen LogP contribution in [0.25, 0.3) is 0 Å². The van der Waals surface area contributed by atoms with Gasteiger partial charge in [0.05, 0.1) is 19.3 Å². The smallest absolute Gasteiger partial charge is 0.327 e. The number of hydrogen-bond donors (Lipinski definition) is 3. The number of carboxylic acids is 1. The Kier molecular flexibility index (Phi) is 4.39. The predicted octanol–water partition coefficient (Wildman–Crippen LogP) is -0.606. The van der Waals surface area contributed by atoms with Crippen molar-refractivity contribution < 1.29 is 15.0 Å². The zero-order valence-corrected chi connectivity index (χ0v) is 9.29. The summed E-state index contributed by atoms with van der Waals surface area (Å²) in [6.45, 7) is 3.96. The number of carbonyl (C=O) groups is 1. The molecule has 1 atom stereocenters. The van der Waals surface area contributed by atoms with Gasteiger partial charge in [0.1, 0.15) is 5.69 Å². The summed E-state index contributed by atoms with van der Waals surface area (Å²) in [6.07, 6.45) is 1.52. The number of rotatable bonds is 6. The van der Waals surface area contributed by atoms with E-state index in [1.807, 2.05) is 13.8 Å². The summed E-state index contributed by atoms with van der Waals surface area (Å²) in [5, 5.41) is 28.1. The van der Waals surface area contributed by atoms with Crippen molar-refractivity contribution in [2.45, 2.75) is 32.5 Å². The monoisotopic (exact) mass is 228 g/mol. The van der Waals surface area contributed by atoms with Crippen molar-refractivity contribution in [2.24, 2.45) is 0 Å². The van der Waals surface area contributed by atoms with Gasteiger partial charge in [0.15, 0.2) is 6.04 Å². The van der Waals surface area contributed by atoms with E-state index in [-0.39, 0.29) is 12.6 Å². The number of aliphatic hydroxyl groups excluding tert-OH is 1. The standard InChI is InChI=1S/C9H16N4O3/c1-6(2)10-8(9(15)16)7-5-13(3-4-14)12-11-7/h5-6,8,10,14H,3-4H2,1-2H3,(H,15,16). The number of aromatic nitrogens is 3. The van der Waals surface area contributed by atoms with E-state index in [0.29, 0.717) is 12.2 Å². The van der Waals surface area contributed by atoms with Crippen molar-refractivity contribution in [2.75, 3.05) is 6.61 Å². The summed E-state index contributed by atoms with van der Waals surface area (Å²) < 4.78 is 1.41. The minimum Gasteiger partial charge on any atom is -0.480 e. The number of nitrogens with one attached hydrogen (secondary N) is 1. The van der Waals surface area contributed by atoms with E-state index in [9.17, 15) is 4.79 Å². The first-order valence-electron chi connectivity index (χ1n) is 5.04. The molecule has 90 valence electrons. The van der Waals surface area contributed by atoms with Gasteiger partial charge in [0, 0.05) is 6.04 Å². The molecule has 1 heterocycles. The van der Waals surface area contributed by atoms with Gasteiger partial charge in [0.2, 0.25) is 0 Å². The van der Waals surface area contributed by atoms with Gasteiger partial charge < -0.3 is 10.2 Å². The maximum atomic E-state index is 11.0. The molecule has 0 aromatic carbocycles.